The fourth-order valence-corrected chi connectivity index (χ4v) is 5.50. The summed E-state index contributed by atoms with van der Waals surface area (Å²) in [5, 5.41) is 2.79. The van der Waals surface area contributed by atoms with Gasteiger partial charge in [-0.2, -0.15) is 4.31 Å². The van der Waals surface area contributed by atoms with Gasteiger partial charge in [0.05, 0.1) is 5.92 Å². The van der Waals surface area contributed by atoms with Gasteiger partial charge in [-0.15, -0.1) is 0 Å². The lowest BCUT2D eigenvalue weighted by molar-refractivity contribution is -0.120. The Morgan fingerprint density at radius 1 is 1.16 bits per heavy atom. The first-order chi connectivity index (χ1) is 14.8. The van der Waals surface area contributed by atoms with Gasteiger partial charge < -0.3 is 19.8 Å². The van der Waals surface area contributed by atoms with E-state index < -0.39 is 32.1 Å². The maximum atomic E-state index is 13.0. The number of nitrogens with zero attached hydrogens (tertiary/aromatic N) is 1. The SMILES string of the molecule is Cc1[nH]c(=O)[nH]c(=O)c1S(=O)(=O)N1CCCC(C(=O)Nc2ccc3c(c2)OCCO3)C1. The van der Waals surface area contributed by atoms with Crippen molar-refractivity contribution in [2.24, 2.45) is 5.92 Å². The van der Waals surface area contributed by atoms with Gasteiger partial charge in [-0.05, 0) is 31.9 Å². The number of aryl methyl sites for hydroxylation is 1. The Balaban J connectivity index is 1.51. The Labute approximate surface area is 177 Å². The number of aromatic nitrogens is 2. The summed E-state index contributed by atoms with van der Waals surface area (Å²) >= 11 is 0. The summed E-state index contributed by atoms with van der Waals surface area (Å²) in [6, 6.07) is 5.05. The van der Waals surface area contributed by atoms with Crippen LogP contribution < -0.4 is 26.0 Å². The zero-order valence-corrected chi connectivity index (χ0v) is 17.6. The summed E-state index contributed by atoms with van der Waals surface area (Å²) in [7, 11) is -4.19. The molecule has 31 heavy (non-hydrogen) atoms. The Morgan fingerprint density at radius 2 is 1.90 bits per heavy atom. The van der Waals surface area contributed by atoms with Gasteiger partial charge in [-0.1, -0.05) is 0 Å². The Kier molecular flexibility index (Phi) is 5.58. The van der Waals surface area contributed by atoms with Crippen LogP contribution in [0.5, 0.6) is 11.5 Å². The maximum Gasteiger partial charge on any atom is 0.325 e. The number of aromatic amines is 2. The first kappa shape index (κ1) is 21.1. The second-order valence-corrected chi connectivity index (χ2v) is 9.29. The molecule has 1 saturated heterocycles. The number of nitrogens with one attached hydrogen (secondary N) is 3. The van der Waals surface area contributed by atoms with Gasteiger partial charge >= 0.3 is 5.69 Å². The molecule has 1 aromatic heterocycles. The number of amides is 1. The number of ether oxygens (including phenoxy) is 2. The predicted molar refractivity (Wildman–Crippen MR) is 110 cm³/mol. The summed E-state index contributed by atoms with van der Waals surface area (Å²) in [5.41, 5.74) is -1.29. The van der Waals surface area contributed by atoms with Crippen LogP contribution in [-0.2, 0) is 14.8 Å². The van der Waals surface area contributed by atoms with Gasteiger partial charge in [0.2, 0.25) is 15.9 Å². The molecule has 11 nitrogen and oxygen atoms in total. The first-order valence-corrected chi connectivity index (χ1v) is 11.2. The van der Waals surface area contributed by atoms with Crippen molar-refractivity contribution in [2.45, 2.75) is 24.7 Å². The molecule has 1 aromatic carbocycles. The highest BCUT2D eigenvalue weighted by Crippen LogP contribution is 2.33. The summed E-state index contributed by atoms with van der Waals surface area (Å²) in [6.45, 7) is 2.33. The quantitative estimate of drug-likeness (QED) is 0.601. The lowest BCUT2D eigenvalue weighted by Gasteiger charge is -2.31. The van der Waals surface area contributed by atoms with E-state index in [1.165, 1.54) is 6.92 Å². The molecule has 1 atom stereocenters. The summed E-state index contributed by atoms with van der Waals surface area (Å²) in [5.74, 6) is 0.202. The normalized spacial score (nSPS) is 19.1. The second-order valence-electron chi connectivity index (χ2n) is 7.41. The standard InChI is InChI=1S/C19H22N4O7S/c1-11-16(18(25)22-19(26)20-11)31(27,28)23-6-2-3-12(10-23)17(24)21-13-4-5-14-15(9-13)30-8-7-29-14/h4-5,9,12H,2-3,6-8,10H2,1H3,(H,21,24)(H2,20,22,25,26). The molecular weight excluding hydrogens is 428 g/mol. The third kappa shape index (κ3) is 4.21. The van der Waals surface area contributed by atoms with Crippen molar-refractivity contribution in [2.75, 3.05) is 31.6 Å². The minimum Gasteiger partial charge on any atom is -0.486 e. The lowest BCUT2D eigenvalue weighted by atomic mass is 9.98. The van der Waals surface area contributed by atoms with Crippen molar-refractivity contribution in [3.05, 3.63) is 44.7 Å². The molecular formula is C19H22N4O7S. The number of sulfonamides is 1. The lowest BCUT2D eigenvalue weighted by Crippen LogP contribution is -2.45. The number of fused-ring (bicyclic) bond motifs is 1. The van der Waals surface area contributed by atoms with Crippen molar-refractivity contribution in [3.63, 3.8) is 0 Å². The number of benzene rings is 1. The molecule has 3 heterocycles. The van der Waals surface area contributed by atoms with E-state index in [9.17, 15) is 22.8 Å². The van der Waals surface area contributed by atoms with Crippen LogP contribution in [0.15, 0.2) is 32.7 Å². The molecule has 4 rings (SSSR count). The van der Waals surface area contributed by atoms with E-state index in [1.54, 1.807) is 18.2 Å². The number of hydrogen-bond acceptors (Lipinski definition) is 7. The van der Waals surface area contributed by atoms with Crippen molar-refractivity contribution in [1.82, 2.24) is 14.3 Å². The highest BCUT2D eigenvalue weighted by atomic mass is 32.2. The number of anilines is 1. The number of carbonyl (C=O) groups excluding carboxylic acids is 1. The highest BCUT2D eigenvalue weighted by Gasteiger charge is 2.36. The first-order valence-electron chi connectivity index (χ1n) is 9.79. The Hall–Kier alpha value is -3.12. The number of H-pyrrole nitrogens is 2. The topological polar surface area (TPSA) is 151 Å². The molecule has 3 N–H and O–H groups in total. The molecule has 2 aromatic rings. The molecule has 0 spiro atoms. The average molecular weight is 450 g/mol. The maximum absolute atomic E-state index is 13.0. The van der Waals surface area contributed by atoms with Crippen molar-refractivity contribution < 1.29 is 22.7 Å². The number of hydrogen-bond donors (Lipinski definition) is 3. The molecule has 166 valence electrons. The van der Waals surface area contributed by atoms with Crippen molar-refractivity contribution in [1.29, 1.82) is 0 Å². The third-order valence-corrected chi connectivity index (χ3v) is 7.26. The summed E-state index contributed by atoms with van der Waals surface area (Å²) in [4.78, 5) is 40.1. The largest absolute Gasteiger partial charge is 0.486 e. The van der Waals surface area contributed by atoms with Crippen LogP contribution in [0, 0.1) is 12.8 Å². The van der Waals surface area contributed by atoms with Crippen LogP contribution in [0.3, 0.4) is 0 Å². The van der Waals surface area contributed by atoms with Gasteiger partial charge in [0.25, 0.3) is 5.56 Å². The van der Waals surface area contributed by atoms with E-state index in [2.05, 4.69) is 10.3 Å². The minimum absolute atomic E-state index is 0.0448. The van der Waals surface area contributed by atoms with Crippen LogP contribution >= 0.6 is 0 Å². The van der Waals surface area contributed by atoms with Gasteiger partial charge in [0, 0.05) is 30.5 Å². The molecule has 0 aliphatic carbocycles. The number of piperidine rings is 1. The minimum atomic E-state index is -4.19. The molecule has 0 saturated carbocycles. The smallest absolute Gasteiger partial charge is 0.325 e. The van der Waals surface area contributed by atoms with E-state index in [-0.39, 0.29) is 24.7 Å². The van der Waals surface area contributed by atoms with E-state index in [0.717, 1.165) is 4.31 Å². The van der Waals surface area contributed by atoms with Crippen molar-refractivity contribution >= 4 is 21.6 Å². The van der Waals surface area contributed by atoms with Crippen molar-refractivity contribution in [3.8, 4) is 11.5 Å². The monoisotopic (exact) mass is 450 g/mol. The van der Waals surface area contributed by atoms with Gasteiger partial charge in [-0.25, -0.2) is 13.2 Å². The molecule has 12 heteroatoms. The third-order valence-electron chi connectivity index (χ3n) is 5.24. The van der Waals surface area contributed by atoms with Crippen LogP contribution in [0.2, 0.25) is 0 Å². The van der Waals surface area contributed by atoms with E-state index in [0.29, 0.717) is 43.2 Å². The molecule has 2 aliphatic rings. The molecule has 1 amide bonds. The molecule has 2 aliphatic heterocycles. The molecule has 1 fully saturated rings. The van der Waals surface area contributed by atoms with Crippen LogP contribution in [-0.4, -0.2) is 54.9 Å². The number of carbonyl (C=O) groups is 1. The number of rotatable bonds is 4. The Bertz CT molecular complexity index is 1230. The molecule has 0 radical (unpaired) electrons. The zero-order chi connectivity index (χ0) is 22.2. The Morgan fingerprint density at radius 3 is 2.65 bits per heavy atom. The van der Waals surface area contributed by atoms with Crippen LogP contribution in [0.1, 0.15) is 18.5 Å². The fourth-order valence-electron chi connectivity index (χ4n) is 3.77. The zero-order valence-electron chi connectivity index (χ0n) is 16.8. The summed E-state index contributed by atoms with van der Waals surface area (Å²) < 4.78 is 38.2. The fraction of sp³-hybridized carbons (Fsp3) is 0.421. The summed E-state index contributed by atoms with van der Waals surface area (Å²) in [6.07, 6.45) is 0.960. The second kappa shape index (κ2) is 8.19. The van der Waals surface area contributed by atoms with E-state index in [4.69, 9.17) is 9.47 Å². The average Bonchev–Trinajstić information content (AvgIpc) is 2.73. The van der Waals surface area contributed by atoms with Gasteiger partial charge in [0.15, 0.2) is 16.4 Å². The van der Waals surface area contributed by atoms with E-state index in [1.807, 2.05) is 4.98 Å². The molecule has 1 unspecified atom stereocenters. The van der Waals surface area contributed by atoms with Crippen LogP contribution in [0.25, 0.3) is 0 Å². The van der Waals surface area contributed by atoms with Gasteiger partial charge in [-0.3, -0.25) is 14.6 Å². The van der Waals surface area contributed by atoms with Gasteiger partial charge in [0.1, 0.15) is 13.2 Å². The molecule has 0 bridgehead atoms. The predicted octanol–water partition coefficient (Wildman–Crippen LogP) is 0.182. The van der Waals surface area contributed by atoms with E-state index >= 15 is 0 Å². The van der Waals surface area contributed by atoms with Crippen LogP contribution in [0.4, 0.5) is 5.69 Å². The highest BCUT2D eigenvalue weighted by molar-refractivity contribution is 7.89.